The highest BCUT2D eigenvalue weighted by molar-refractivity contribution is 5.91. The molecule has 0 N–H and O–H groups in total. The van der Waals surface area contributed by atoms with Gasteiger partial charge in [-0.1, -0.05) is 0 Å². The smallest absolute Gasteiger partial charge is 0.335 e. The Kier molecular flexibility index (Phi) is 8.76. The summed E-state index contributed by atoms with van der Waals surface area (Å²) < 4.78 is 20.4. The second kappa shape index (κ2) is 11.1. The van der Waals surface area contributed by atoms with Crippen molar-refractivity contribution in [2.24, 2.45) is 0 Å². The first-order valence-electron chi connectivity index (χ1n) is 8.80. The van der Waals surface area contributed by atoms with Gasteiger partial charge >= 0.3 is 11.9 Å². The number of esters is 2. The van der Waals surface area contributed by atoms with Crippen LogP contribution in [0.5, 0.6) is 0 Å². The third-order valence-corrected chi connectivity index (χ3v) is 4.38. The molecule has 2 aliphatic rings. The number of nitrogens with zero attached hydrogens (tertiary/aromatic N) is 2. The van der Waals surface area contributed by atoms with E-state index in [1.165, 1.54) is 14.2 Å². The van der Waals surface area contributed by atoms with Crippen molar-refractivity contribution in [3.8, 4) is 0 Å². The van der Waals surface area contributed by atoms with Gasteiger partial charge in [0, 0.05) is 39.3 Å². The highest BCUT2D eigenvalue weighted by atomic mass is 16.5. The number of ether oxygens (including phenoxy) is 4. The molecule has 0 saturated carbocycles. The highest BCUT2D eigenvalue weighted by Gasteiger charge is 2.19. The van der Waals surface area contributed by atoms with E-state index in [1.54, 1.807) is 12.2 Å². The maximum absolute atomic E-state index is 12.1. The Morgan fingerprint density at radius 3 is 1.42 bits per heavy atom. The summed E-state index contributed by atoms with van der Waals surface area (Å²) in [6.07, 6.45) is 3.32. The van der Waals surface area contributed by atoms with Gasteiger partial charge in [0.25, 0.3) is 0 Å². The number of allylic oxidation sites excluding steroid dienone is 2. The van der Waals surface area contributed by atoms with Crippen LogP contribution in [0.1, 0.15) is 0 Å². The zero-order chi connectivity index (χ0) is 18.8. The van der Waals surface area contributed by atoms with Crippen molar-refractivity contribution >= 4 is 11.9 Å². The van der Waals surface area contributed by atoms with Crippen LogP contribution in [-0.4, -0.2) is 102 Å². The zero-order valence-corrected chi connectivity index (χ0v) is 15.6. The molecule has 2 aliphatic heterocycles. The molecule has 0 aliphatic carbocycles. The Hall–Kier alpha value is -1.74. The Morgan fingerprint density at radius 2 is 1.12 bits per heavy atom. The molecule has 8 nitrogen and oxygen atoms in total. The van der Waals surface area contributed by atoms with E-state index < -0.39 is 11.9 Å². The van der Waals surface area contributed by atoms with Gasteiger partial charge in [-0.3, -0.25) is 9.80 Å². The van der Waals surface area contributed by atoms with Crippen LogP contribution in [0.25, 0.3) is 0 Å². The molecule has 0 spiro atoms. The summed E-state index contributed by atoms with van der Waals surface area (Å²) in [5.74, 6) is -0.799. The van der Waals surface area contributed by atoms with Gasteiger partial charge in [0.05, 0.1) is 51.8 Å². The fourth-order valence-corrected chi connectivity index (χ4v) is 2.83. The Morgan fingerprint density at radius 1 is 0.769 bits per heavy atom. The molecule has 0 amide bonds. The second-order valence-electron chi connectivity index (χ2n) is 6.14. The number of morpholine rings is 2. The summed E-state index contributed by atoms with van der Waals surface area (Å²) in [6, 6.07) is 0. The SMILES string of the molecule is COC(=O)/C(=C\C=C(\CN1CCOCC1)C(=O)OC)CN1CCOCC1. The molecule has 0 aromatic carbocycles. The minimum Gasteiger partial charge on any atom is -0.466 e. The average molecular weight is 368 g/mol. The summed E-state index contributed by atoms with van der Waals surface area (Å²) in [6.45, 7) is 6.54. The number of rotatable bonds is 7. The molecule has 0 bridgehead atoms. The van der Waals surface area contributed by atoms with Crippen molar-refractivity contribution in [1.29, 1.82) is 0 Å². The maximum Gasteiger partial charge on any atom is 0.335 e. The Bertz CT molecular complexity index is 486. The van der Waals surface area contributed by atoms with Gasteiger partial charge in [0.2, 0.25) is 0 Å². The quantitative estimate of drug-likeness (QED) is 0.349. The molecule has 0 aromatic rings. The largest absolute Gasteiger partial charge is 0.466 e. The van der Waals surface area contributed by atoms with E-state index in [0.717, 1.165) is 26.2 Å². The molecule has 0 radical (unpaired) electrons. The molecule has 2 fully saturated rings. The summed E-state index contributed by atoms with van der Waals surface area (Å²) in [5.41, 5.74) is 0.996. The number of methoxy groups -OCH3 is 2. The summed E-state index contributed by atoms with van der Waals surface area (Å²) in [7, 11) is 2.71. The lowest BCUT2D eigenvalue weighted by molar-refractivity contribution is -0.137. The fraction of sp³-hybridized carbons (Fsp3) is 0.667. The topological polar surface area (TPSA) is 77.5 Å². The molecule has 0 unspecified atom stereocenters. The van der Waals surface area contributed by atoms with Crippen LogP contribution in [0.4, 0.5) is 0 Å². The van der Waals surface area contributed by atoms with Gasteiger partial charge in [0.15, 0.2) is 0 Å². The minimum atomic E-state index is -0.400. The van der Waals surface area contributed by atoms with E-state index >= 15 is 0 Å². The lowest BCUT2D eigenvalue weighted by Gasteiger charge is -2.27. The summed E-state index contributed by atoms with van der Waals surface area (Å²) in [5, 5.41) is 0. The normalized spacial score (nSPS) is 20.7. The summed E-state index contributed by atoms with van der Waals surface area (Å²) in [4.78, 5) is 28.5. The van der Waals surface area contributed by atoms with E-state index in [1.807, 2.05) is 0 Å². The molecule has 0 atom stereocenters. The first-order chi connectivity index (χ1) is 12.6. The molecule has 146 valence electrons. The molecule has 2 rings (SSSR count). The Labute approximate surface area is 154 Å². The van der Waals surface area contributed by atoms with Crippen LogP contribution in [0.15, 0.2) is 23.3 Å². The van der Waals surface area contributed by atoms with Gasteiger partial charge in [-0.15, -0.1) is 0 Å². The highest BCUT2D eigenvalue weighted by Crippen LogP contribution is 2.09. The van der Waals surface area contributed by atoms with Gasteiger partial charge in [0.1, 0.15) is 0 Å². The zero-order valence-electron chi connectivity index (χ0n) is 15.6. The molecular weight excluding hydrogens is 340 g/mol. The van der Waals surface area contributed by atoms with E-state index in [4.69, 9.17) is 18.9 Å². The van der Waals surface area contributed by atoms with Gasteiger partial charge in [-0.25, -0.2) is 9.59 Å². The Balaban J connectivity index is 2.12. The van der Waals surface area contributed by atoms with Gasteiger partial charge in [-0.05, 0) is 12.2 Å². The molecule has 0 aromatic heterocycles. The van der Waals surface area contributed by atoms with E-state index in [9.17, 15) is 9.59 Å². The monoisotopic (exact) mass is 368 g/mol. The van der Waals surface area contributed by atoms with Crippen LogP contribution in [-0.2, 0) is 28.5 Å². The van der Waals surface area contributed by atoms with Crippen molar-refractivity contribution in [3.05, 3.63) is 23.3 Å². The van der Waals surface area contributed by atoms with E-state index in [0.29, 0.717) is 50.7 Å². The predicted molar refractivity (Wildman–Crippen MR) is 94.7 cm³/mol. The van der Waals surface area contributed by atoms with Crippen LogP contribution in [0.3, 0.4) is 0 Å². The van der Waals surface area contributed by atoms with E-state index in [2.05, 4.69) is 9.80 Å². The second-order valence-corrected chi connectivity index (χ2v) is 6.14. The molecule has 2 heterocycles. The number of hydrogen-bond donors (Lipinski definition) is 0. The van der Waals surface area contributed by atoms with Crippen LogP contribution in [0.2, 0.25) is 0 Å². The molecular formula is C18H28N2O6. The van der Waals surface area contributed by atoms with E-state index in [-0.39, 0.29) is 0 Å². The third-order valence-electron chi connectivity index (χ3n) is 4.38. The lowest BCUT2D eigenvalue weighted by Crippen LogP contribution is -2.39. The average Bonchev–Trinajstić information content (AvgIpc) is 2.70. The van der Waals surface area contributed by atoms with Crippen molar-refractivity contribution in [1.82, 2.24) is 9.80 Å². The number of hydrogen-bond acceptors (Lipinski definition) is 8. The minimum absolute atomic E-state index is 0.400. The standard InChI is InChI=1S/C18H28N2O6/c1-23-17(21)15(13-19-5-9-25-10-6-19)3-4-16(18(22)24-2)14-20-7-11-26-12-8-20/h3-4H,5-14H2,1-2H3/b15-3-,16-4-. The third kappa shape index (κ3) is 6.53. The van der Waals surface area contributed by atoms with Crippen LogP contribution < -0.4 is 0 Å². The first-order valence-corrected chi connectivity index (χ1v) is 8.80. The van der Waals surface area contributed by atoms with Gasteiger partial charge in [-0.2, -0.15) is 0 Å². The van der Waals surface area contributed by atoms with Crippen molar-refractivity contribution in [2.45, 2.75) is 0 Å². The first kappa shape index (κ1) is 20.6. The number of carbonyl (C=O) groups is 2. The maximum atomic E-state index is 12.1. The van der Waals surface area contributed by atoms with Gasteiger partial charge < -0.3 is 18.9 Å². The van der Waals surface area contributed by atoms with Crippen molar-refractivity contribution < 1.29 is 28.5 Å². The predicted octanol–water partition coefficient (Wildman–Crippen LogP) is -0.150. The van der Waals surface area contributed by atoms with Crippen molar-refractivity contribution in [3.63, 3.8) is 0 Å². The number of carbonyl (C=O) groups excluding carboxylic acids is 2. The fourth-order valence-electron chi connectivity index (χ4n) is 2.83. The molecule has 8 heteroatoms. The molecule has 2 saturated heterocycles. The van der Waals surface area contributed by atoms with Crippen LogP contribution >= 0.6 is 0 Å². The van der Waals surface area contributed by atoms with Crippen molar-refractivity contribution in [2.75, 3.05) is 79.9 Å². The van der Waals surface area contributed by atoms with Crippen LogP contribution in [0, 0.1) is 0 Å². The summed E-state index contributed by atoms with van der Waals surface area (Å²) >= 11 is 0. The molecule has 26 heavy (non-hydrogen) atoms. The lowest BCUT2D eigenvalue weighted by atomic mass is 10.1.